The van der Waals surface area contributed by atoms with E-state index in [0.29, 0.717) is 12.1 Å². The molecule has 2 aromatic heterocycles. The van der Waals surface area contributed by atoms with Crippen LogP contribution < -0.4 is 15.8 Å². The summed E-state index contributed by atoms with van der Waals surface area (Å²) in [6, 6.07) is 5.62. The molecule has 1 aliphatic carbocycles. The lowest BCUT2D eigenvalue weighted by molar-refractivity contribution is 0.249. The van der Waals surface area contributed by atoms with Gasteiger partial charge in [-0.25, -0.2) is 9.78 Å². The molecule has 2 heterocycles. The largest absolute Gasteiger partial charge is 0.341 e. The van der Waals surface area contributed by atoms with Gasteiger partial charge in [-0.2, -0.15) is 0 Å². The van der Waals surface area contributed by atoms with E-state index in [-0.39, 0.29) is 11.6 Å². The van der Waals surface area contributed by atoms with Crippen LogP contribution in [0.15, 0.2) is 35.4 Å². The Kier molecular flexibility index (Phi) is 2.77. The maximum absolute atomic E-state index is 12.1. The number of imidazole rings is 1. The number of carbonyl (C=O) groups excluding carboxylic acids is 1. The lowest BCUT2D eigenvalue weighted by atomic mass is 10.1. The van der Waals surface area contributed by atoms with Crippen LogP contribution in [0.3, 0.4) is 0 Å². The number of hydrogen-bond acceptors (Lipinski definition) is 3. The Balaban J connectivity index is 1.85. The first kappa shape index (κ1) is 13.6. The Bertz CT molecular complexity index is 1000. The predicted molar refractivity (Wildman–Crippen MR) is 86.9 cm³/mol. The van der Waals surface area contributed by atoms with Gasteiger partial charge in [-0.05, 0) is 17.7 Å². The summed E-state index contributed by atoms with van der Waals surface area (Å²) in [4.78, 5) is 32.5. The van der Waals surface area contributed by atoms with Gasteiger partial charge in [0.25, 0.3) is 5.56 Å². The summed E-state index contributed by atoms with van der Waals surface area (Å²) >= 11 is 0. The normalized spacial score (nSPS) is 12.1. The second-order valence-corrected chi connectivity index (χ2v) is 5.53. The lowest BCUT2D eigenvalue weighted by Crippen LogP contribution is -2.34. The monoisotopic (exact) mass is 309 g/mol. The van der Waals surface area contributed by atoms with Crippen molar-refractivity contribution in [2.75, 3.05) is 19.0 Å². The molecule has 0 unspecified atom stereocenters. The number of hydrogen-bond donors (Lipinski definition) is 2. The number of aromatic nitrogens is 3. The number of anilines is 1. The van der Waals surface area contributed by atoms with Crippen LogP contribution in [-0.4, -0.2) is 34.5 Å². The molecule has 2 amide bonds. The van der Waals surface area contributed by atoms with Gasteiger partial charge in [0.1, 0.15) is 0 Å². The second-order valence-electron chi connectivity index (χ2n) is 5.53. The molecular weight excluding hydrogens is 294 g/mol. The zero-order valence-corrected chi connectivity index (χ0v) is 12.8. The number of rotatable bonds is 1. The Labute approximate surface area is 131 Å². The van der Waals surface area contributed by atoms with Gasteiger partial charge in [-0.15, -0.1) is 0 Å². The highest BCUT2D eigenvalue weighted by Crippen LogP contribution is 2.36. The first-order valence-corrected chi connectivity index (χ1v) is 7.27. The molecule has 0 fully saturated rings. The van der Waals surface area contributed by atoms with Gasteiger partial charge in [0, 0.05) is 44.2 Å². The molecule has 116 valence electrons. The van der Waals surface area contributed by atoms with Crippen LogP contribution in [0.1, 0.15) is 11.3 Å². The van der Waals surface area contributed by atoms with Crippen molar-refractivity contribution in [2.24, 2.45) is 0 Å². The van der Waals surface area contributed by atoms with E-state index >= 15 is 0 Å². The third-order valence-electron chi connectivity index (χ3n) is 4.28. The number of H-pyrrole nitrogens is 1. The molecule has 1 aliphatic rings. The summed E-state index contributed by atoms with van der Waals surface area (Å²) in [5.41, 5.74) is 4.90. The SMILES string of the molecule is CNC(=O)N(C)c1ccc2c(c1)Cc1c-2[nH]c(=O)c2nccn12. The van der Waals surface area contributed by atoms with Gasteiger partial charge in [0.2, 0.25) is 5.65 Å². The highest BCUT2D eigenvalue weighted by atomic mass is 16.2. The van der Waals surface area contributed by atoms with Crippen LogP contribution in [0.5, 0.6) is 0 Å². The van der Waals surface area contributed by atoms with Gasteiger partial charge in [-0.3, -0.25) is 14.1 Å². The molecule has 0 saturated heterocycles. The number of amides is 2. The molecule has 0 radical (unpaired) electrons. The summed E-state index contributed by atoms with van der Waals surface area (Å²) in [6.07, 6.45) is 4.11. The molecule has 0 atom stereocenters. The minimum absolute atomic E-state index is 0.175. The van der Waals surface area contributed by atoms with Crippen LogP contribution in [-0.2, 0) is 6.42 Å². The van der Waals surface area contributed by atoms with E-state index in [1.807, 2.05) is 22.6 Å². The van der Waals surface area contributed by atoms with Gasteiger partial charge >= 0.3 is 6.03 Å². The summed E-state index contributed by atoms with van der Waals surface area (Å²) in [6.45, 7) is 0. The maximum Gasteiger partial charge on any atom is 0.321 e. The van der Waals surface area contributed by atoms with Crippen molar-refractivity contribution < 1.29 is 4.79 Å². The molecule has 23 heavy (non-hydrogen) atoms. The zero-order valence-electron chi connectivity index (χ0n) is 12.8. The van der Waals surface area contributed by atoms with Crippen molar-refractivity contribution in [3.63, 3.8) is 0 Å². The number of benzene rings is 1. The molecule has 3 aromatic rings. The second kappa shape index (κ2) is 4.70. The van der Waals surface area contributed by atoms with Crippen molar-refractivity contribution in [3.05, 3.63) is 52.2 Å². The van der Waals surface area contributed by atoms with Gasteiger partial charge < -0.3 is 10.3 Å². The first-order chi connectivity index (χ1) is 11.1. The average molecular weight is 309 g/mol. The number of fused-ring (bicyclic) bond motifs is 5. The molecule has 2 N–H and O–H groups in total. The van der Waals surface area contributed by atoms with E-state index in [9.17, 15) is 9.59 Å². The van der Waals surface area contributed by atoms with Crippen molar-refractivity contribution in [2.45, 2.75) is 6.42 Å². The molecular formula is C16H15N5O2. The van der Waals surface area contributed by atoms with Gasteiger partial charge in [-0.1, -0.05) is 6.07 Å². The topological polar surface area (TPSA) is 82.5 Å². The number of nitrogens with one attached hydrogen (secondary N) is 2. The Hall–Kier alpha value is -3.09. The minimum atomic E-state index is -0.201. The number of nitrogens with zero attached hydrogens (tertiary/aromatic N) is 3. The minimum Gasteiger partial charge on any atom is -0.341 e. The molecule has 1 aromatic carbocycles. The molecule has 4 rings (SSSR count). The van der Waals surface area contributed by atoms with E-state index < -0.39 is 0 Å². The number of carbonyl (C=O) groups is 1. The summed E-state index contributed by atoms with van der Waals surface area (Å²) in [5.74, 6) is 0. The predicted octanol–water partition coefficient (Wildman–Crippen LogP) is 1.37. The number of urea groups is 1. The highest BCUT2D eigenvalue weighted by Gasteiger charge is 2.24. The third kappa shape index (κ3) is 1.86. The quantitative estimate of drug-likeness (QED) is 0.557. The fourth-order valence-electron chi connectivity index (χ4n) is 3.09. The molecule has 0 saturated carbocycles. The van der Waals surface area contributed by atoms with Crippen molar-refractivity contribution in [3.8, 4) is 11.3 Å². The Morgan fingerprint density at radius 3 is 3.04 bits per heavy atom. The van der Waals surface area contributed by atoms with Crippen molar-refractivity contribution >= 4 is 17.4 Å². The van der Waals surface area contributed by atoms with Crippen LogP contribution in [0, 0.1) is 0 Å². The lowest BCUT2D eigenvalue weighted by Gasteiger charge is -2.17. The fraction of sp³-hybridized carbons (Fsp3) is 0.188. The highest BCUT2D eigenvalue weighted by molar-refractivity contribution is 5.92. The van der Waals surface area contributed by atoms with E-state index in [4.69, 9.17) is 0 Å². The van der Waals surface area contributed by atoms with Gasteiger partial charge in [0.05, 0.1) is 11.4 Å². The summed E-state index contributed by atoms with van der Waals surface area (Å²) < 4.78 is 1.83. The summed E-state index contributed by atoms with van der Waals surface area (Å²) in [7, 11) is 3.32. The Morgan fingerprint density at radius 2 is 2.26 bits per heavy atom. The fourth-order valence-corrected chi connectivity index (χ4v) is 3.09. The molecule has 0 aliphatic heterocycles. The van der Waals surface area contributed by atoms with E-state index in [0.717, 1.165) is 28.2 Å². The standard InChI is InChI=1S/C16H15N5O2/c1-17-16(23)20(2)10-3-4-11-9(7-10)8-12-13(11)19-15(22)14-18-5-6-21(12)14/h3-7H,8H2,1-2H3,(H,17,23)(H,19,22). The molecule has 0 spiro atoms. The van der Waals surface area contributed by atoms with E-state index in [2.05, 4.69) is 15.3 Å². The van der Waals surface area contributed by atoms with Crippen LogP contribution >= 0.6 is 0 Å². The average Bonchev–Trinajstić information content (AvgIpc) is 3.18. The molecule has 7 nitrogen and oxygen atoms in total. The first-order valence-electron chi connectivity index (χ1n) is 7.27. The Morgan fingerprint density at radius 1 is 1.43 bits per heavy atom. The molecule has 7 heteroatoms. The van der Waals surface area contributed by atoms with Gasteiger partial charge in [0.15, 0.2) is 0 Å². The van der Waals surface area contributed by atoms with E-state index in [1.165, 1.54) is 0 Å². The van der Waals surface area contributed by atoms with Crippen LogP contribution in [0.2, 0.25) is 0 Å². The summed E-state index contributed by atoms with van der Waals surface area (Å²) in [5, 5.41) is 2.60. The van der Waals surface area contributed by atoms with Crippen molar-refractivity contribution in [1.82, 2.24) is 19.7 Å². The van der Waals surface area contributed by atoms with Crippen molar-refractivity contribution in [1.29, 1.82) is 0 Å². The third-order valence-corrected chi connectivity index (χ3v) is 4.28. The maximum atomic E-state index is 12.1. The van der Waals surface area contributed by atoms with Crippen LogP contribution in [0.25, 0.3) is 16.9 Å². The number of aromatic amines is 1. The van der Waals surface area contributed by atoms with E-state index in [1.54, 1.807) is 31.4 Å². The molecule has 0 bridgehead atoms. The zero-order chi connectivity index (χ0) is 16.1. The van der Waals surface area contributed by atoms with Crippen LogP contribution in [0.4, 0.5) is 10.5 Å². The smallest absolute Gasteiger partial charge is 0.321 e.